The Morgan fingerprint density at radius 1 is 1.50 bits per heavy atom. The predicted octanol–water partition coefficient (Wildman–Crippen LogP) is 3.09. The summed E-state index contributed by atoms with van der Waals surface area (Å²) in [6.45, 7) is 6.78. The molecule has 1 aromatic rings. The summed E-state index contributed by atoms with van der Waals surface area (Å²) in [5.41, 5.74) is 1.12. The molecule has 2 unspecified atom stereocenters. The van der Waals surface area contributed by atoms with Gasteiger partial charge in [-0.05, 0) is 45.2 Å². The van der Waals surface area contributed by atoms with Gasteiger partial charge in [-0.1, -0.05) is 13.0 Å². The van der Waals surface area contributed by atoms with Gasteiger partial charge in [-0.25, -0.2) is 4.98 Å². The number of pyridine rings is 1. The van der Waals surface area contributed by atoms with Crippen LogP contribution < -0.4 is 10.1 Å². The van der Waals surface area contributed by atoms with Crippen molar-refractivity contribution in [1.29, 1.82) is 0 Å². The van der Waals surface area contributed by atoms with E-state index in [4.69, 9.17) is 9.47 Å². The van der Waals surface area contributed by atoms with Crippen molar-refractivity contribution in [3.05, 3.63) is 23.9 Å². The zero-order chi connectivity index (χ0) is 14.2. The second kappa shape index (κ2) is 8.22. The van der Waals surface area contributed by atoms with Gasteiger partial charge in [-0.15, -0.1) is 0 Å². The number of aromatic nitrogens is 1. The van der Waals surface area contributed by atoms with Gasteiger partial charge in [-0.2, -0.15) is 0 Å². The number of nitrogens with zero attached hydrogens (tertiary/aromatic N) is 1. The quantitative estimate of drug-likeness (QED) is 0.832. The highest BCUT2D eigenvalue weighted by Crippen LogP contribution is 2.23. The lowest BCUT2D eigenvalue weighted by Crippen LogP contribution is -2.27. The molecule has 1 aliphatic heterocycles. The SMILES string of the molecule is CCCNC(C)c1cccnc1OCC1CCCCO1. The molecule has 4 nitrogen and oxygen atoms in total. The second-order valence-electron chi connectivity index (χ2n) is 5.37. The molecule has 0 aliphatic carbocycles. The molecule has 0 amide bonds. The molecule has 1 fully saturated rings. The molecular weight excluding hydrogens is 252 g/mol. The van der Waals surface area contributed by atoms with E-state index in [9.17, 15) is 0 Å². The fraction of sp³-hybridized carbons (Fsp3) is 0.688. The van der Waals surface area contributed by atoms with E-state index in [2.05, 4.69) is 30.2 Å². The fourth-order valence-electron chi connectivity index (χ4n) is 2.43. The highest BCUT2D eigenvalue weighted by Gasteiger charge is 2.17. The molecular formula is C16H26N2O2. The lowest BCUT2D eigenvalue weighted by Gasteiger charge is -2.23. The summed E-state index contributed by atoms with van der Waals surface area (Å²) in [6.07, 6.45) is 6.62. The van der Waals surface area contributed by atoms with E-state index in [-0.39, 0.29) is 12.1 Å². The molecule has 4 heteroatoms. The molecule has 2 heterocycles. The first kappa shape index (κ1) is 15.3. The molecule has 0 saturated carbocycles. The minimum absolute atomic E-state index is 0.220. The average Bonchev–Trinajstić information content (AvgIpc) is 2.52. The van der Waals surface area contributed by atoms with Crippen LogP contribution in [0.25, 0.3) is 0 Å². The van der Waals surface area contributed by atoms with Gasteiger partial charge in [0.25, 0.3) is 0 Å². The van der Waals surface area contributed by atoms with Crippen LogP contribution in [0.2, 0.25) is 0 Å². The minimum atomic E-state index is 0.220. The maximum Gasteiger partial charge on any atom is 0.218 e. The lowest BCUT2D eigenvalue weighted by molar-refractivity contribution is -0.0122. The summed E-state index contributed by atoms with van der Waals surface area (Å²) in [5, 5.41) is 3.48. The van der Waals surface area contributed by atoms with Crippen molar-refractivity contribution in [2.24, 2.45) is 0 Å². The van der Waals surface area contributed by atoms with Crippen molar-refractivity contribution >= 4 is 0 Å². The van der Waals surface area contributed by atoms with Gasteiger partial charge in [0, 0.05) is 24.4 Å². The molecule has 2 rings (SSSR count). The average molecular weight is 278 g/mol. The maximum absolute atomic E-state index is 5.90. The number of hydrogen-bond donors (Lipinski definition) is 1. The third-order valence-electron chi connectivity index (χ3n) is 3.65. The van der Waals surface area contributed by atoms with E-state index in [0.29, 0.717) is 6.61 Å². The number of ether oxygens (including phenoxy) is 2. The van der Waals surface area contributed by atoms with E-state index in [1.165, 1.54) is 12.8 Å². The Balaban J connectivity index is 1.92. The topological polar surface area (TPSA) is 43.4 Å². The summed E-state index contributed by atoms with van der Waals surface area (Å²) in [7, 11) is 0. The summed E-state index contributed by atoms with van der Waals surface area (Å²) < 4.78 is 11.6. The minimum Gasteiger partial charge on any atom is -0.475 e. The van der Waals surface area contributed by atoms with Crippen molar-refractivity contribution in [1.82, 2.24) is 10.3 Å². The van der Waals surface area contributed by atoms with E-state index in [1.807, 2.05) is 6.07 Å². The molecule has 1 N–H and O–H groups in total. The summed E-state index contributed by atoms with van der Waals surface area (Å²) in [4.78, 5) is 4.37. The molecule has 20 heavy (non-hydrogen) atoms. The fourth-order valence-corrected chi connectivity index (χ4v) is 2.43. The molecule has 0 aromatic carbocycles. The van der Waals surface area contributed by atoms with Crippen LogP contribution in [-0.2, 0) is 4.74 Å². The lowest BCUT2D eigenvalue weighted by atomic mass is 10.1. The first-order valence-electron chi connectivity index (χ1n) is 7.74. The Labute approximate surface area is 121 Å². The summed E-state index contributed by atoms with van der Waals surface area (Å²) >= 11 is 0. The van der Waals surface area contributed by atoms with Gasteiger partial charge in [0.1, 0.15) is 6.61 Å². The van der Waals surface area contributed by atoms with Crippen LogP contribution in [0.3, 0.4) is 0 Å². The Morgan fingerprint density at radius 3 is 3.15 bits per heavy atom. The standard InChI is InChI=1S/C16H26N2O2/c1-3-9-17-13(2)15-8-6-10-18-16(15)20-12-14-7-4-5-11-19-14/h6,8,10,13-14,17H,3-5,7,9,11-12H2,1-2H3. The largest absolute Gasteiger partial charge is 0.475 e. The molecule has 1 aliphatic rings. The monoisotopic (exact) mass is 278 g/mol. The summed E-state index contributed by atoms with van der Waals surface area (Å²) in [5.74, 6) is 0.734. The van der Waals surface area contributed by atoms with Gasteiger partial charge in [0.15, 0.2) is 0 Å². The van der Waals surface area contributed by atoms with Crippen molar-refractivity contribution < 1.29 is 9.47 Å². The highest BCUT2D eigenvalue weighted by molar-refractivity contribution is 5.28. The Kier molecular flexibility index (Phi) is 6.27. The Bertz CT molecular complexity index is 392. The zero-order valence-corrected chi connectivity index (χ0v) is 12.6. The van der Waals surface area contributed by atoms with E-state index in [1.54, 1.807) is 6.20 Å². The van der Waals surface area contributed by atoms with Crippen LogP contribution >= 0.6 is 0 Å². The first-order chi connectivity index (χ1) is 9.81. The van der Waals surface area contributed by atoms with Crippen molar-refractivity contribution in [3.63, 3.8) is 0 Å². The van der Waals surface area contributed by atoms with Gasteiger partial charge in [0.05, 0.1) is 6.10 Å². The van der Waals surface area contributed by atoms with Crippen LogP contribution in [0, 0.1) is 0 Å². The zero-order valence-electron chi connectivity index (χ0n) is 12.6. The van der Waals surface area contributed by atoms with Gasteiger partial charge < -0.3 is 14.8 Å². The molecule has 0 bridgehead atoms. The van der Waals surface area contributed by atoms with E-state index in [0.717, 1.165) is 37.4 Å². The van der Waals surface area contributed by atoms with Crippen LogP contribution in [0.5, 0.6) is 5.88 Å². The number of hydrogen-bond acceptors (Lipinski definition) is 4. The molecule has 0 spiro atoms. The van der Waals surface area contributed by atoms with Crippen molar-refractivity contribution in [2.75, 3.05) is 19.8 Å². The van der Waals surface area contributed by atoms with E-state index >= 15 is 0 Å². The smallest absolute Gasteiger partial charge is 0.218 e. The van der Waals surface area contributed by atoms with Gasteiger partial charge in [0.2, 0.25) is 5.88 Å². The first-order valence-corrected chi connectivity index (χ1v) is 7.74. The molecule has 112 valence electrons. The third-order valence-corrected chi connectivity index (χ3v) is 3.65. The molecule has 2 atom stereocenters. The molecule has 1 aromatic heterocycles. The molecule has 0 radical (unpaired) electrons. The van der Waals surface area contributed by atoms with Gasteiger partial charge in [-0.3, -0.25) is 0 Å². The van der Waals surface area contributed by atoms with Crippen LogP contribution in [0.1, 0.15) is 51.1 Å². The summed E-state index contributed by atoms with van der Waals surface area (Å²) in [6, 6.07) is 4.30. The normalized spacial score (nSPS) is 20.6. The van der Waals surface area contributed by atoms with Gasteiger partial charge >= 0.3 is 0 Å². The van der Waals surface area contributed by atoms with Crippen LogP contribution in [0.4, 0.5) is 0 Å². The van der Waals surface area contributed by atoms with Crippen LogP contribution in [0.15, 0.2) is 18.3 Å². The van der Waals surface area contributed by atoms with Crippen LogP contribution in [-0.4, -0.2) is 30.8 Å². The number of nitrogens with one attached hydrogen (secondary N) is 1. The molecule has 1 saturated heterocycles. The Morgan fingerprint density at radius 2 is 2.40 bits per heavy atom. The predicted molar refractivity (Wildman–Crippen MR) is 80.0 cm³/mol. The second-order valence-corrected chi connectivity index (χ2v) is 5.37. The van der Waals surface area contributed by atoms with Crippen molar-refractivity contribution in [2.45, 2.75) is 51.7 Å². The maximum atomic E-state index is 5.90. The number of rotatable bonds is 7. The van der Waals surface area contributed by atoms with Crippen molar-refractivity contribution in [3.8, 4) is 5.88 Å². The van der Waals surface area contributed by atoms with E-state index < -0.39 is 0 Å². The Hall–Kier alpha value is -1.13. The highest BCUT2D eigenvalue weighted by atomic mass is 16.5. The third kappa shape index (κ3) is 4.46.